The highest BCUT2D eigenvalue weighted by Crippen LogP contribution is 2.39. The van der Waals surface area contributed by atoms with Gasteiger partial charge in [0.15, 0.2) is 0 Å². The number of hydrogen-bond donors (Lipinski definition) is 0. The average molecular weight is 192 g/mol. The van der Waals surface area contributed by atoms with Gasteiger partial charge in [0.2, 0.25) is 0 Å². The highest BCUT2D eigenvalue weighted by molar-refractivity contribution is 7.99. The average Bonchev–Trinajstić information content (AvgIpc) is 2.71. The lowest BCUT2D eigenvalue weighted by Crippen LogP contribution is -1.90. The van der Waals surface area contributed by atoms with Crippen LogP contribution in [0.1, 0.15) is 34.0 Å². The van der Waals surface area contributed by atoms with Crippen LogP contribution >= 0.6 is 11.8 Å². The first-order valence-corrected chi connectivity index (χ1v) is 5.62. The van der Waals surface area contributed by atoms with Crippen LogP contribution in [0.2, 0.25) is 0 Å². The molecule has 1 aromatic carbocycles. The maximum atomic E-state index is 10.6. The Morgan fingerprint density at radius 2 is 2.38 bits per heavy atom. The van der Waals surface area contributed by atoms with E-state index in [9.17, 15) is 4.79 Å². The maximum absolute atomic E-state index is 10.6. The predicted molar refractivity (Wildman–Crippen MR) is 56.3 cm³/mol. The quantitative estimate of drug-likeness (QED) is 0.670. The number of thioether (sulfide) groups is 1. The molecule has 1 nitrogen and oxygen atoms in total. The van der Waals surface area contributed by atoms with E-state index in [0.29, 0.717) is 5.25 Å². The standard InChI is InChI=1S/C11H12OS/c12-8-9-3-1-4-10(7-9)11-5-2-6-13-11/h1,3-4,7-8,11H,2,5-6H2. The summed E-state index contributed by atoms with van der Waals surface area (Å²) in [5.41, 5.74) is 2.11. The Balaban J connectivity index is 2.23. The van der Waals surface area contributed by atoms with Crippen LogP contribution in [0.25, 0.3) is 0 Å². The molecule has 1 aliphatic rings. The fourth-order valence-corrected chi connectivity index (χ4v) is 2.96. The SMILES string of the molecule is O=Cc1cccc(C2CCCS2)c1. The molecule has 0 N–H and O–H groups in total. The Kier molecular flexibility index (Phi) is 2.69. The molecule has 13 heavy (non-hydrogen) atoms. The van der Waals surface area contributed by atoms with Crippen molar-refractivity contribution in [2.45, 2.75) is 18.1 Å². The van der Waals surface area contributed by atoms with Gasteiger partial charge in [-0.2, -0.15) is 11.8 Å². The topological polar surface area (TPSA) is 17.1 Å². The molecule has 1 unspecified atom stereocenters. The lowest BCUT2D eigenvalue weighted by atomic mass is 10.1. The van der Waals surface area contributed by atoms with Gasteiger partial charge in [0.1, 0.15) is 6.29 Å². The molecular formula is C11H12OS. The van der Waals surface area contributed by atoms with Crippen LogP contribution in [0.15, 0.2) is 24.3 Å². The second-order valence-corrected chi connectivity index (χ2v) is 4.60. The first kappa shape index (κ1) is 8.82. The molecule has 2 rings (SSSR count). The van der Waals surface area contributed by atoms with E-state index in [1.807, 2.05) is 30.0 Å². The van der Waals surface area contributed by atoms with Crippen molar-refractivity contribution in [3.8, 4) is 0 Å². The summed E-state index contributed by atoms with van der Waals surface area (Å²) in [5.74, 6) is 1.26. The Morgan fingerprint density at radius 3 is 3.08 bits per heavy atom. The third kappa shape index (κ3) is 1.94. The van der Waals surface area contributed by atoms with Crippen molar-refractivity contribution in [3.05, 3.63) is 35.4 Å². The minimum atomic E-state index is 0.625. The molecular weight excluding hydrogens is 180 g/mol. The van der Waals surface area contributed by atoms with Crippen molar-refractivity contribution < 1.29 is 4.79 Å². The molecule has 1 atom stereocenters. The summed E-state index contributed by atoms with van der Waals surface area (Å²) in [4.78, 5) is 10.6. The molecule has 0 aromatic heterocycles. The Labute approximate surface area is 82.5 Å². The van der Waals surface area contributed by atoms with Gasteiger partial charge >= 0.3 is 0 Å². The second-order valence-electron chi connectivity index (χ2n) is 3.29. The first-order chi connectivity index (χ1) is 6.40. The van der Waals surface area contributed by atoms with E-state index < -0.39 is 0 Å². The van der Waals surface area contributed by atoms with Gasteiger partial charge in [-0.05, 0) is 30.2 Å². The van der Waals surface area contributed by atoms with E-state index in [-0.39, 0.29) is 0 Å². The van der Waals surface area contributed by atoms with E-state index in [0.717, 1.165) is 11.8 Å². The van der Waals surface area contributed by atoms with Crippen LogP contribution < -0.4 is 0 Å². The predicted octanol–water partition coefficient (Wildman–Crippen LogP) is 3.07. The van der Waals surface area contributed by atoms with E-state index in [2.05, 4.69) is 6.07 Å². The smallest absolute Gasteiger partial charge is 0.150 e. The molecule has 1 heterocycles. The van der Waals surface area contributed by atoms with Crippen LogP contribution in [0, 0.1) is 0 Å². The Hall–Kier alpha value is -0.760. The number of hydrogen-bond acceptors (Lipinski definition) is 2. The zero-order chi connectivity index (χ0) is 9.10. The summed E-state index contributed by atoms with van der Waals surface area (Å²) in [7, 11) is 0. The first-order valence-electron chi connectivity index (χ1n) is 4.57. The van der Waals surface area contributed by atoms with Crippen molar-refractivity contribution in [3.63, 3.8) is 0 Å². The maximum Gasteiger partial charge on any atom is 0.150 e. The van der Waals surface area contributed by atoms with Crippen molar-refractivity contribution >= 4 is 18.0 Å². The Bertz CT molecular complexity index is 303. The zero-order valence-corrected chi connectivity index (χ0v) is 8.22. The van der Waals surface area contributed by atoms with Gasteiger partial charge in [-0.1, -0.05) is 18.2 Å². The van der Waals surface area contributed by atoms with Crippen LogP contribution in [0.3, 0.4) is 0 Å². The Morgan fingerprint density at radius 1 is 1.46 bits per heavy atom. The van der Waals surface area contributed by atoms with Crippen LogP contribution in [0.5, 0.6) is 0 Å². The molecule has 1 aromatic rings. The molecule has 68 valence electrons. The summed E-state index contributed by atoms with van der Waals surface area (Å²) >= 11 is 2.00. The summed E-state index contributed by atoms with van der Waals surface area (Å²) in [6, 6.07) is 7.96. The van der Waals surface area contributed by atoms with Gasteiger partial charge in [-0.25, -0.2) is 0 Å². The molecule has 1 fully saturated rings. The molecule has 0 aliphatic carbocycles. The van der Waals surface area contributed by atoms with E-state index in [4.69, 9.17) is 0 Å². The van der Waals surface area contributed by atoms with Crippen molar-refractivity contribution in [1.29, 1.82) is 0 Å². The number of benzene rings is 1. The van der Waals surface area contributed by atoms with Gasteiger partial charge in [0.25, 0.3) is 0 Å². The molecule has 0 amide bonds. The van der Waals surface area contributed by atoms with Crippen LogP contribution in [-0.2, 0) is 0 Å². The van der Waals surface area contributed by atoms with Gasteiger partial charge in [-0.3, -0.25) is 4.79 Å². The minimum absolute atomic E-state index is 0.625. The number of carbonyl (C=O) groups is 1. The lowest BCUT2D eigenvalue weighted by molar-refractivity contribution is 0.112. The monoisotopic (exact) mass is 192 g/mol. The highest BCUT2D eigenvalue weighted by Gasteiger charge is 2.17. The fraction of sp³-hybridized carbons (Fsp3) is 0.364. The van der Waals surface area contributed by atoms with E-state index >= 15 is 0 Å². The fourth-order valence-electron chi connectivity index (χ4n) is 1.67. The molecule has 2 heteroatoms. The minimum Gasteiger partial charge on any atom is -0.298 e. The molecule has 1 saturated heterocycles. The van der Waals surface area contributed by atoms with Crippen molar-refractivity contribution in [2.24, 2.45) is 0 Å². The summed E-state index contributed by atoms with van der Waals surface area (Å²) in [6.45, 7) is 0. The number of aldehydes is 1. The molecule has 1 aliphatic heterocycles. The molecule has 0 spiro atoms. The summed E-state index contributed by atoms with van der Waals surface area (Å²) < 4.78 is 0. The third-order valence-corrected chi connectivity index (χ3v) is 3.78. The van der Waals surface area contributed by atoms with Gasteiger partial charge in [0.05, 0.1) is 0 Å². The summed E-state index contributed by atoms with van der Waals surface area (Å²) in [6.07, 6.45) is 3.48. The highest BCUT2D eigenvalue weighted by atomic mass is 32.2. The molecule has 0 bridgehead atoms. The molecule has 0 saturated carbocycles. The van der Waals surface area contributed by atoms with E-state index in [1.165, 1.54) is 24.2 Å². The number of carbonyl (C=O) groups excluding carboxylic acids is 1. The second kappa shape index (κ2) is 3.97. The van der Waals surface area contributed by atoms with Gasteiger partial charge in [0, 0.05) is 10.8 Å². The normalized spacial score (nSPS) is 21.7. The largest absolute Gasteiger partial charge is 0.298 e. The van der Waals surface area contributed by atoms with Gasteiger partial charge in [-0.15, -0.1) is 0 Å². The van der Waals surface area contributed by atoms with Crippen LogP contribution in [0.4, 0.5) is 0 Å². The van der Waals surface area contributed by atoms with Crippen molar-refractivity contribution in [1.82, 2.24) is 0 Å². The lowest BCUT2D eigenvalue weighted by Gasteiger charge is -2.08. The van der Waals surface area contributed by atoms with Gasteiger partial charge < -0.3 is 0 Å². The van der Waals surface area contributed by atoms with Crippen molar-refractivity contribution in [2.75, 3.05) is 5.75 Å². The zero-order valence-electron chi connectivity index (χ0n) is 7.40. The summed E-state index contributed by atoms with van der Waals surface area (Å²) in [5, 5.41) is 0.625. The van der Waals surface area contributed by atoms with Crippen LogP contribution in [-0.4, -0.2) is 12.0 Å². The van der Waals surface area contributed by atoms with E-state index in [1.54, 1.807) is 0 Å². The third-order valence-electron chi connectivity index (χ3n) is 2.35. The molecule has 0 radical (unpaired) electrons. The number of rotatable bonds is 2.